The SMILES string of the molecule is O=[PH](Cl)Cl. The standard InChI is InChI=1S/Cl2HOP/c1-4(2)3/h4H. The van der Waals surface area contributed by atoms with E-state index in [0.29, 0.717) is 0 Å². The van der Waals surface area contributed by atoms with Crippen LogP contribution in [-0.4, -0.2) is 0 Å². The van der Waals surface area contributed by atoms with Gasteiger partial charge in [-0.15, -0.1) is 0 Å². The molecule has 0 aromatic carbocycles. The number of hydrogen-bond donors (Lipinski definition) is 0. The summed E-state index contributed by atoms with van der Waals surface area (Å²) in [5.41, 5.74) is 0. The second kappa shape index (κ2) is 2.07. The predicted molar refractivity (Wildman–Crippen MR) is 20.7 cm³/mol. The Hall–Kier alpha value is 0.810. The minimum Gasteiger partial charge on any atom is -0.293 e. The van der Waals surface area contributed by atoms with Gasteiger partial charge in [-0.1, -0.05) is 0 Å². The van der Waals surface area contributed by atoms with Gasteiger partial charge in [-0.3, -0.25) is 4.57 Å². The second-order valence-electron chi connectivity index (χ2n) is 0.226. The molecule has 0 spiro atoms. The van der Waals surface area contributed by atoms with Crippen molar-refractivity contribution in [3.05, 3.63) is 0 Å². The van der Waals surface area contributed by atoms with E-state index in [-0.39, 0.29) is 0 Å². The van der Waals surface area contributed by atoms with E-state index in [2.05, 4.69) is 22.5 Å². The van der Waals surface area contributed by atoms with Crippen LogP contribution in [0.5, 0.6) is 0 Å². The maximum Gasteiger partial charge on any atom is 0.241 e. The molecule has 1 nitrogen and oxygen atoms in total. The first kappa shape index (κ1) is 4.81. The van der Waals surface area contributed by atoms with Crippen LogP contribution in [0.3, 0.4) is 0 Å². The fraction of sp³-hybridized carbons (Fsp3) is 0. The van der Waals surface area contributed by atoms with Crippen molar-refractivity contribution >= 4 is 29.0 Å². The van der Waals surface area contributed by atoms with Crippen LogP contribution in [0.4, 0.5) is 0 Å². The van der Waals surface area contributed by atoms with Gasteiger partial charge in [0.25, 0.3) is 0 Å². The molecule has 0 fully saturated rings. The summed E-state index contributed by atoms with van der Waals surface area (Å²) in [5, 5.41) is 0. The van der Waals surface area contributed by atoms with Crippen LogP contribution in [0.15, 0.2) is 0 Å². The summed E-state index contributed by atoms with van der Waals surface area (Å²) in [7, 11) is 0. The van der Waals surface area contributed by atoms with E-state index in [1.54, 1.807) is 0 Å². The summed E-state index contributed by atoms with van der Waals surface area (Å²) >= 11 is 9.17. The van der Waals surface area contributed by atoms with Gasteiger partial charge in [0, 0.05) is 0 Å². The van der Waals surface area contributed by atoms with Gasteiger partial charge in [0.05, 0.1) is 0 Å². The molecule has 0 heterocycles. The van der Waals surface area contributed by atoms with Crippen molar-refractivity contribution < 1.29 is 4.57 Å². The Morgan fingerprint density at radius 3 is 1.50 bits per heavy atom. The molecule has 0 aliphatic carbocycles. The van der Waals surface area contributed by atoms with E-state index < -0.39 is 6.51 Å². The van der Waals surface area contributed by atoms with Crippen molar-refractivity contribution in [3.8, 4) is 0 Å². The first-order valence-corrected chi connectivity index (χ1v) is 4.01. The van der Waals surface area contributed by atoms with Crippen LogP contribution in [0.25, 0.3) is 0 Å². The quantitative estimate of drug-likeness (QED) is 0.444. The Balaban J connectivity index is 2.80. The summed E-state index contributed by atoms with van der Waals surface area (Å²) in [6, 6.07) is 0. The number of halogens is 2. The van der Waals surface area contributed by atoms with Gasteiger partial charge in [-0.2, -0.15) is 0 Å². The van der Waals surface area contributed by atoms with Gasteiger partial charge >= 0.3 is 0 Å². The van der Waals surface area contributed by atoms with Gasteiger partial charge in [0.15, 0.2) is 0 Å². The van der Waals surface area contributed by atoms with Crippen molar-refractivity contribution in [1.29, 1.82) is 0 Å². The minimum absolute atomic E-state index is 2.19. The third-order valence-corrected chi connectivity index (χ3v) is 0. The largest absolute Gasteiger partial charge is 0.293 e. The monoisotopic (exact) mass is 118 g/mol. The molecule has 0 saturated heterocycles. The highest BCUT2D eigenvalue weighted by Crippen LogP contribution is 2.31. The Morgan fingerprint density at radius 1 is 1.50 bits per heavy atom. The van der Waals surface area contributed by atoms with Crippen LogP contribution >= 0.6 is 29.0 Å². The smallest absolute Gasteiger partial charge is 0.241 e. The Morgan fingerprint density at radius 2 is 1.50 bits per heavy atom. The number of rotatable bonds is 0. The van der Waals surface area contributed by atoms with Crippen molar-refractivity contribution in [1.82, 2.24) is 0 Å². The van der Waals surface area contributed by atoms with Crippen molar-refractivity contribution in [3.63, 3.8) is 0 Å². The maximum absolute atomic E-state index is 9.16. The Bertz CT molecular complexity index is 29.0. The van der Waals surface area contributed by atoms with E-state index in [0.717, 1.165) is 0 Å². The van der Waals surface area contributed by atoms with Crippen molar-refractivity contribution in [2.45, 2.75) is 0 Å². The molecule has 0 aromatic heterocycles. The maximum atomic E-state index is 9.16. The predicted octanol–water partition coefficient (Wildman–Crippen LogP) is 1.85. The lowest BCUT2D eigenvalue weighted by Crippen LogP contribution is -0.953. The van der Waals surface area contributed by atoms with Crippen molar-refractivity contribution in [2.24, 2.45) is 0 Å². The fourth-order valence-electron chi connectivity index (χ4n) is 0. The molecule has 4 heteroatoms. The highest BCUT2D eigenvalue weighted by Gasteiger charge is 1.67. The molecule has 26 valence electrons. The second-order valence-corrected chi connectivity index (χ2v) is 3.32. The molecule has 0 radical (unpaired) electrons. The van der Waals surface area contributed by atoms with Crippen molar-refractivity contribution in [2.75, 3.05) is 0 Å². The zero-order valence-electron chi connectivity index (χ0n) is 1.66. The van der Waals surface area contributed by atoms with Crippen LogP contribution in [-0.2, 0) is 4.57 Å². The average molecular weight is 119 g/mol. The average Bonchev–Trinajstić information content (AvgIpc) is 0.811. The molecule has 0 rings (SSSR count). The molecule has 0 unspecified atom stereocenters. The molecule has 0 aliphatic heterocycles. The highest BCUT2D eigenvalue weighted by atomic mass is 35.9. The molecule has 4 heavy (non-hydrogen) atoms. The topological polar surface area (TPSA) is 17.1 Å². The molecule has 0 bridgehead atoms. The lowest BCUT2D eigenvalue weighted by molar-refractivity contribution is 0.602. The van der Waals surface area contributed by atoms with E-state index in [4.69, 9.17) is 4.57 Å². The van der Waals surface area contributed by atoms with Crippen LogP contribution in [0, 0.1) is 0 Å². The van der Waals surface area contributed by atoms with Gasteiger partial charge in [0.1, 0.15) is 0 Å². The normalized spacial score (nSPS) is 8.75. The van der Waals surface area contributed by atoms with E-state index in [9.17, 15) is 0 Å². The lowest BCUT2D eigenvalue weighted by atomic mass is 16.0. The fourth-order valence-corrected chi connectivity index (χ4v) is 0. The zero-order valence-corrected chi connectivity index (χ0v) is 4.18. The molecular weight excluding hydrogens is 118 g/mol. The molecule has 0 aliphatic rings. The lowest BCUT2D eigenvalue weighted by Gasteiger charge is -1.52. The summed E-state index contributed by atoms with van der Waals surface area (Å²) in [4.78, 5) is 0. The molecular formula is HCl2OP. The molecule has 0 aromatic rings. The van der Waals surface area contributed by atoms with Crippen LogP contribution in [0.1, 0.15) is 0 Å². The summed E-state index contributed by atoms with van der Waals surface area (Å²) in [6.07, 6.45) is 0. The van der Waals surface area contributed by atoms with E-state index in [1.165, 1.54) is 0 Å². The molecule has 0 amide bonds. The minimum atomic E-state index is -2.19. The van der Waals surface area contributed by atoms with Crippen LogP contribution < -0.4 is 0 Å². The zero-order chi connectivity index (χ0) is 3.58. The van der Waals surface area contributed by atoms with Gasteiger partial charge < -0.3 is 0 Å². The molecule has 0 saturated carbocycles. The first-order chi connectivity index (χ1) is 1.73. The molecule has 0 atom stereocenters. The van der Waals surface area contributed by atoms with Gasteiger partial charge in [-0.05, 0) is 22.5 Å². The van der Waals surface area contributed by atoms with Crippen LogP contribution in [0.2, 0.25) is 0 Å². The number of hydrogen-bond acceptors (Lipinski definition) is 1. The third-order valence-electron chi connectivity index (χ3n) is 0. The molecule has 0 N–H and O–H groups in total. The Labute approximate surface area is 34.3 Å². The van der Waals surface area contributed by atoms with E-state index in [1.807, 2.05) is 0 Å². The van der Waals surface area contributed by atoms with Gasteiger partial charge in [-0.25, -0.2) is 0 Å². The highest BCUT2D eigenvalue weighted by molar-refractivity contribution is 7.95. The summed E-state index contributed by atoms with van der Waals surface area (Å²) < 4.78 is 9.16. The summed E-state index contributed by atoms with van der Waals surface area (Å²) in [6.45, 7) is -2.19. The first-order valence-electron chi connectivity index (χ1n) is 0.582. The summed E-state index contributed by atoms with van der Waals surface area (Å²) in [5.74, 6) is 0. The Kier molecular flexibility index (Phi) is 2.49. The third kappa shape index (κ3) is 14.0. The van der Waals surface area contributed by atoms with E-state index >= 15 is 0 Å². The van der Waals surface area contributed by atoms with Gasteiger partial charge in [0.2, 0.25) is 6.51 Å².